The largest absolute Gasteiger partial charge is 0.355 e. The second-order valence-corrected chi connectivity index (χ2v) is 6.17. The second kappa shape index (κ2) is 6.79. The molecular weight excluding hydrogens is 302 g/mol. The topological polar surface area (TPSA) is 81.8 Å². The lowest BCUT2D eigenvalue weighted by Gasteiger charge is -2.30. The first kappa shape index (κ1) is 16.1. The van der Waals surface area contributed by atoms with Gasteiger partial charge < -0.3 is 9.80 Å². The van der Waals surface area contributed by atoms with Crippen LogP contribution in [-0.4, -0.2) is 46.6 Å². The average molecular weight is 323 g/mol. The summed E-state index contributed by atoms with van der Waals surface area (Å²) in [7, 11) is 1.97. The van der Waals surface area contributed by atoms with Gasteiger partial charge in [0.15, 0.2) is 11.6 Å². The van der Waals surface area contributed by atoms with Crippen molar-refractivity contribution < 1.29 is 0 Å². The van der Waals surface area contributed by atoms with Crippen LogP contribution in [0.2, 0.25) is 0 Å². The van der Waals surface area contributed by atoms with E-state index >= 15 is 0 Å². The molecule has 1 atom stereocenters. The van der Waals surface area contributed by atoms with Gasteiger partial charge >= 0.3 is 0 Å². The van der Waals surface area contributed by atoms with Crippen LogP contribution in [-0.2, 0) is 0 Å². The van der Waals surface area contributed by atoms with Crippen LogP contribution in [0.3, 0.4) is 0 Å². The van der Waals surface area contributed by atoms with E-state index in [2.05, 4.69) is 31.4 Å². The summed E-state index contributed by atoms with van der Waals surface area (Å²) in [4.78, 5) is 4.31. The Kier molecular flexibility index (Phi) is 4.56. The number of hydrogen-bond donors (Lipinski definition) is 0. The molecule has 0 amide bonds. The van der Waals surface area contributed by atoms with E-state index < -0.39 is 0 Å². The normalized spacial score (nSPS) is 16.9. The third-order valence-electron chi connectivity index (χ3n) is 4.62. The molecule has 7 heteroatoms. The molecule has 0 N–H and O–H groups in total. The zero-order valence-corrected chi connectivity index (χ0v) is 14.3. The minimum Gasteiger partial charge on any atom is -0.355 e. The Morgan fingerprint density at radius 3 is 2.88 bits per heavy atom. The number of aromatic nitrogens is 4. The van der Waals surface area contributed by atoms with E-state index in [4.69, 9.17) is 0 Å². The molecule has 0 radical (unpaired) electrons. The molecule has 0 spiro atoms. The maximum absolute atomic E-state index is 9.49. The molecule has 124 valence electrons. The molecule has 0 aromatic carbocycles. The number of hydrogen-bond acceptors (Lipinski definition) is 7. The zero-order valence-electron chi connectivity index (χ0n) is 14.3. The van der Waals surface area contributed by atoms with Crippen molar-refractivity contribution in [3.05, 3.63) is 35.2 Å². The number of anilines is 2. The Bertz CT molecular complexity index is 754. The molecule has 1 fully saturated rings. The van der Waals surface area contributed by atoms with E-state index in [0.717, 1.165) is 43.0 Å². The SMILES string of the molecule is Cc1nnc(N(C)CC2CCCN2c2cccnn2)c(C#N)c1C. The smallest absolute Gasteiger partial charge is 0.169 e. The fourth-order valence-electron chi connectivity index (χ4n) is 3.17. The third kappa shape index (κ3) is 3.00. The highest BCUT2D eigenvalue weighted by atomic mass is 15.3. The predicted octanol–water partition coefficient (Wildman–Crippen LogP) is 1.86. The van der Waals surface area contributed by atoms with Gasteiger partial charge in [-0.25, -0.2) is 0 Å². The molecule has 1 saturated heterocycles. The van der Waals surface area contributed by atoms with Crippen molar-refractivity contribution >= 4 is 11.6 Å². The van der Waals surface area contributed by atoms with Gasteiger partial charge in [-0.05, 0) is 44.4 Å². The molecule has 0 saturated carbocycles. The molecule has 1 aliphatic rings. The molecule has 0 aliphatic carbocycles. The molecular formula is C17H21N7. The van der Waals surface area contributed by atoms with Gasteiger partial charge in [0.1, 0.15) is 11.6 Å². The summed E-state index contributed by atoms with van der Waals surface area (Å²) in [6, 6.07) is 6.49. The van der Waals surface area contributed by atoms with Gasteiger partial charge in [-0.15, -0.1) is 10.2 Å². The summed E-state index contributed by atoms with van der Waals surface area (Å²) >= 11 is 0. The zero-order chi connectivity index (χ0) is 17.1. The van der Waals surface area contributed by atoms with Crippen molar-refractivity contribution in [2.24, 2.45) is 0 Å². The van der Waals surface area contributed by atoms with E-state index in [9.17, 15) is 5.26 Å². The van der Waals surface area contributed by atoms with Gasteiger partial charge in [0.2, 0.25) is 0 Å². The Morgan fingerprint density at radius 1 is 1.33 bits per heavy atom. The molecule has 3 heterocycles. The number of rotatable bonds is 4. The predicted molar refractivity (Wildman–Crippen MR) is 91.9 cm³/mol. The maximum Gasteiger partial charge on any atom is 0.169 e. The highest BCUT2D eigenvalue weighted by molar-refractivity contribution is 5.57. The second-order valence-electron chi connectivity index (χ2n) is 6.17. The monoisotopic (exact) mass is 323 g/mol. The quantitative estimate of drug-likeness (QED) is 0.849. The summed E-state index contributed by atoms with van der Waals surface area (Å²) in [6.07, 6.45) is 3.89. The van der Waals surface area contributed by atoms with Crippen molar-refractivity contribution in [1.29, 1.82) is 5.26 Å². The Labute approximate surface area is 141 Å². The van der Waals surface area contributed by atoms with Crippen LogP contribution in [0.5, 0.6) is 0 Å². The number of nitriles is 1. The Hall–Kier alpha value is -2.75. The lowest BCUT2D eigenvalue weighted by atomic mass is 10.1. The Balaban J connectivity index is 1.81. The van der Waals surface area contributed by atoms with Gasteiger partial charge in [-0.3, -0.25) is 0 Å². The minimum absolute atomic E-state index is 0.321. The number of aryl methyl sites for hydroxylation is 1. The first-order valence-electron chi connectivity index (χ1n) is 8.11. The van der Waals surface area contributed by atoms with Crippen LogP contribution >= 0.6 is 0 Å². The van der Waals surface area contributed by atoms with E-state index in [1.165, 1.54) is 0 Å². The summed E-state index contributed by atoms with van der Waals surface area (Å²) < 4.78 is 0. The standard InChI is InChI=1S/C17H21N7/c1-12-13(2)20-22-17(15(12)10-18)23(3)11-14-6-5-9-24(14)16-7-4-8-19-21-16/h4,7-8,14H,5-6,9,11H2,1-3H3. The van der Waals surface area contributed by atoms with Crippen LogP contribution in [0.15, 0.2) is 18.3 Å². The van der Waals surface area contributed by atoms with E-state index in [0.29, 0.717) is 17.4 Å². The van der Waals surface area contributed by atoms with E-state index in [1.54, 1.807) is 6.20 Å². The van der Waals surface area contributed by atoms with Gasteiger partial charge in [0.25, 0.3) is 0 Å². The number of likely N-dealkylation sites (N-methyl/N-ethyl adjacent to an activating group) is 1. The molecule has 1 aliphatic heterocycles. The first-order valence-corrected chi connectivity index (χ1v) is 8.11. The fourth-order valence-corrected chi connectivity index (χ4v) is 3.17. The van der Waals surface area contributed by atoms with Crippen molar-refractivity contribution in [2.75, 3.05) is 29.9 Å². The first-order chi connectivity index (χ1) is 11.6. The van der Waals surface area contributed by atoms with Crippen LogP contribution in [0.4, 0.5) is 11.6 Å². The van der Waals surface area contributed by atoms with Gasteiger partial charge in [-0.1, -0.05) is 0 Å². The van der Waals surface area contributed by atoms with Crippen LogP contribution < -0.4 is 9.80 Å². The maximum atomic E-state index is 9.49. The lowest BCUT2D eigenvalue weighted by Crippen LogP contribution is -2.40. The van der Waals surface area contributed by atoms with Crippen molar-refractivity contribution in [2.45, 2.75) is 32.7 Å². The number of nitrogens with zero attached hydrogens (tertiary/aromatic N) is 7. The van der Waals surface area contributed by atoms with Gasteiger partial charge in [-0.2, -0.15) is 15.5 Å². The lowest BCUT2D eigenvalue weighted by molar-refractivity contribution is 0.640. The summed E-state index contributed by atoms with van der Waals surface area (Å²) in [5.74, 6) is 1.55. The van der Waals surface area contributed by atoms with Crippen molar-refractivity contribution in [3.8, 4) is 6.07 Å². The van der Waals surface area contributed by atoms with Crippen LogP contribution in [0.25, 0.3) is 0 Å². The van der Waals surface area contributed by atoms with Crippen LogP contribution in [0.1, 0.15) is 29.7 Å². The highest BCUT2D eigenvalue weighted by Crippen LogP contribution is 2.26. The summed E-state index contributed by atoms with van der Waals surface area (Å²) in [5, 5.41) is 26.1. The van der Waals surface area contributed by atoms with Gasteiger partial charge in [0.05, 0.1) is 5.69 Å². The molecule has 1 unspecified atom stereocenters. The fraction of sp³-hybridized carbons (Fsp3) is 0.471. The molecule has 7 nitrogen and oxygen atoms in total. The molecule has 2 aromatic heterocycles. The molecule has 2 aromatic rings. The summed E-state index contributed by atoms with van der Waals surface area (Å²) in [5.41, 5.74) is 2.30. The van der Waals surface area contributed by atoms with Crippen molar-refractivity contribution in [3.63, 3.8) is 0 Å². The van der Waals surface area contributed by atoms with Crippen molar-refractivity contribution in [1.82, 2.24) is 20.4 Å². The third-order valence-corrected chi connectivity index (χ3v) is 4.62. The summed E-state index contributed by atoms with van der Waals surface area (Å²) in [6.45, 7) is 5.53. The van der Waals surface area contributed by atoms with Crippen LogP contribution in [0, 0.1) is 25.2 Å². The van der Waals surface area contributed by atoms with E-state index in [-0.39, 0.29) is 0 Å². The minimum atomic E-state index is 0.321. The van der Waals surface area contributed by atoms with Gasteiger partial charge in [0, 0.05) is 32.4 Å². The Morgan fingerprint density at radius 2 is 2.17 bits per heavy atom. The average Bonchev–Trinajstić information content (AvgIpc) is 3.06. The molecule has 3 rings (SSSR count). The van der Waals surface area contributed by atoms with E-state index in [1.807, 2.05) is 37.9 Å². The highest BCUT2D eigenvalue weighted by Gasteiger charge is 2.28. The molecule has 0 bridgehead atoms. The molecule has 24 heavy (non-hydrogen) atoms.